The van der Waals surface area contributed by atoms with Crippen molar-refractivity contribution in [3.05, 3.63) is 54.6 Å². The number of nitrogens with one attached hydrogen (secondary N) is 2. The minimum Gasteiger partial charge on any atom is -0.506 e. The number of sulfonamides is 1. The number of ether oxygens (including phenoxy) is 1. The Bertz CT molecular complexity index is 1080. The summed E-state index contributed by atoms with van der Waals surface area (Å²) in [5.41, 5.74) is 0.558. The van der Waals surface area contributed by atoms with Crippen molar-refractivity contribution in [2.45, 2.75) is 11.3 Å². The lowest BCUT2D eigenvalue weighted by molar-refractivity contribution is 0.196. The zero-order valence-corrected chi connectivity index (χ0v) is 16.2. The van der Waals surface area contributed by atoms with E-state index in [4.69, 9.17) is 4.74 Å². The van der Waals surface area contributed by atoms with Crippen LogP contribution in [0.4, 0.5) is 11.4 Å². The molecule has 0 aliphatic carbocycles. The molecule has 3 rings (SSSR count). The molecule has 8 heteroatoms. The smallest absolute Gasteiger partial charge is 0.240 e. The van der Waals surface area contributed by atoms with Gasteiger partial charge in [-0.25, -0.2) is 13.1 Å². The van der Waals surface area contributed by atoms with E-state index in [2.05, 4.69) is 10.0 Å². The fourth-order valence-corrected chi connectivity index (χ4v) is 3.91. The summed E-state index contributed by atoms with van der Waals surface area (Å²) in [6.07, 6.45) is 0.544. The van der Waals surface area contributed by atoms with E-state index in [0.717, 1.165) is 10.8 Å². The van der Waals surface area contributed by atoms with E-state index in [9.17, 15) is 18.6 Å². The van der Waals surface area contributed by atoms with E-state index in [1.807, 2.05) is 24.3 Å². The number of hydrogen-bond acceptors (Lipinski definition) is 6. The minimum absolute atomic E-state index is 0.00458. The standard InChI is InChI=1S/C20H22N2O5S/c1-27-12-4-11-21-28(25,26)15-8-10-18(23)17(13-15)22-20-16-6-3-2-5-14(16)7-9-19(20)24/h2-3,5-10,13,21-24H,4,11-12H2,1H3. The molecular weight excluding hydrogens is 380 g/mol. The van der Waals surface area contributed by atoms with Gasteiger partial charge in [0, 0.05) is 25.6 Å². The summed E-state index contributed by atoms with van der Waals surface area (Å²) in [5.74, 6) is -0.144. The zero-order chi connectivity index (χ0) is 20.1. The van der Waals surface area contributed by atoms with Gasteiger partial charge in [0.25, 0.3) is 0 Å². The van der Waals surface area contributed by atoms with E-state index in [0.29, 0.717) is 18.7 Å². The Morgan fingerprint density at radius 3 is 2.54 bits per heavy atom. The second-order valence-electron chi connectivity index (χ2n) is 6.23. The van der Waals surface area contributed by atoms with Crippen LogP contribution in [0.2, 0.25) is 0 Å². The third kappa shape index (κ3) is 4.36. The number of phenols is 2. The molecule has 0 radical (unpaired) electrons. The molecule has 0 aromatic heterocycles. The van der Waals surface area contributed by atoms with E-state index in [1.165, 1.54) is 18.2 Å². The predicted octanol–water partition coefficient (Wildman–Crippen LogP) is 3.31. The van der Waals surface area contributed by atoms with Gasteiger partial charge in [-0.05, 0) is 36.1 Å². The monoisotopic (exact) mass is 402 g/mol. The minimum atomic E-state index is -3.74. The summed E-state index contributed by atoms with van der Waals surface area (Å²) >= 11 is 0. The molecule has 0 amide bonds. The second kappa shape index (κ2) is 8.47. The van der Waals surface area contributed by atoms with Crippen LogP contribution in [0.5, 0.6) is 11.5 Å². The van der Waals surface area contributed by atoms with Gasteiger partial charge in [-0.1, -0.05) is 30.3 Å². The van der Waals surface area contributed by atoms with E-state index < -0.39 is 10.0 Å². The molecule has 0 fully saturated rings. The highest BCUT2D eigenvalue weighted by molar-refractivity contribution is 7.89. The van der Waals surface area contributed by atoms with Gasteiger partial charge in [-0.15, -0.1) is 0 Å². The van der Waals surface area contributed by atoms with Crippen molar-refractivity contribution in [1.82, 2.24) is 4.72 Å². The maximum absolute atomic E-state index is 12.5. The SMILES string of the molecule is COCCCNS(=O)(=O)c1ccc(O)c(Nc2c(O)ccc3ccccc23)c1. The number of aromatic hydroxyl groups is 2. The summed E-state index contributed by atoms with van der Waals surface area (Å²) < 4.78 is 32.4. The highest BCUT2D eigenvalue weighted by Gasteiger charge is 2.17. The quantitative estimate of drug-likeness (QED) is 0.340. The first kappa shape index (κ1) is 19.9. The van der Waals surface area contributed by atoms with Crippen LogP contribution >= 0.6 is 0 Å². The molecule has 0 heterocycles. The van der Waals surface area contributed by atoms with Gasteiger partial charge in [-0.3, -0.25) is 0 Å². The predicted molar refractivity (Wildman–Crippen MR) is 109 cm³/mol. The van der Waals surface area contributed by atoms with Gasteiger partial charge in [0.1, 0.15) is 11.5 Å². The topological polar surface area (TPSA) is 108 Å². The second-order valence-corrected chi connectivity index (χ2v) is 8.00. The van der Waals surface area contributed by atoms with Crippen LogP contribution < -0.4 is 10.0 Å². The van der Waals surface area contributed by atoms with E-state index in [1.54, 1.807) is 19.2 Å². The lowest BCUT2D eigenvalue weighted by atomic mass is 10.1. The fourth-order valence-electron chi connectivity index (χ4n) is 2.81. The Morgan fingerprint density at radius 1 is 1.00 bits per heavy atom. The number of methoxy groups -OCH3 is 1. The average molecular weight is 402 g/mol. The van der Waals surface area contributed by atoms with Crippen LogP contribution in [0.15, 0.2) is 59.5 Å². The Labute approximate surface area is 163 Å². The zero-order valence-electron chi connectivity index (χ0n) is 15.3. The molecule has 0 atom stereocenters. The maximum Gasteiger partial charge on any atom is 0.240 e. The molecular formula is C20H22N2O5S. The number of rotatable bonds is 8. The fraction of sp³-hybridized carbons (Fsp3) is 0.200. The number of hydrogen-bond donors (Lipinski definition) is 4. The molecule has 148 valence electrons. The molecule has 0 saturated carbocycles. The first-order valence-corrected chi connectivity index (χ1v) is 10.2. The van der Waals surface area contributed by atoms with Gasteiger partial charge in [0.15, 0.2) is 0 Å². The maximum atomic E-state index is 12.5. The van der Waals surface area contributed by atoms with Gasteiger partial charge >= 0.3 is 0 Å². The van der Waals surface area contributed by atoms with Crippen molar-refractivity contribution >= 4 is 32.2 Å². The highest BCUT2D eigenvalue weighted by atomic mass is 32.2. The Morgan fingerprint density at radius 2 is 1.75 bits per heavy atom. The molecule has 7 nitrogen and oxygen atoms in total. The first-order chi connectivity index (χ1) is 13.4. The molecule has 0 saturated heterocycles. The lowest BCUT2D eigenvalue weighted by Crippen LogP contribution is -2.25. The molecule has 0 spiro atoms. The van der Waals surface area contributed by atoms with Crippen LogP contribution in [0.3, 0.4) is 0 Å². The van der Waals surface area contributed by atoms with Crippen molar-refractivity contribution < 1.29 is 23.4 Å². The number of fused-ring (bicyclic) bond motifs is 1. The van der Waals surface area contributed by atoms with E-state index >= 15 is 0 Å². The van der Waals surface area contributed by atoms with Gasteiger partial charge in [0.05, 0.1) is 16.3 Å². The summed E-state index contributed by atoms with van der Waals surface area (Å²) in [6.45, 7) is 0.690. The van der Waals surface area contributed by atoms with Crippen molar-refractivity contribution in [2.24, 2.45) is 0 Å². The molecule has 0 aliphatic rings. The summed E-state index contributed by atoms with van der Waals surface area (Å²) in [4.78, 5) is 0.00458. The molecule has 0 unspecified atom stereocenters. The Balaban J connectivity index is 1.92. The first-order valence-electron chi connectivity index (χ1n) is 8.72. The lowest BCUT2D eigenvalue weighted by Gasteiger charge is -2.14. The molecule has 3 aromatic carbocycles. The van der Waals surface area contributed by atoms with Gasteiger partial charge < -0.3 is 20.3 Å². The molecule has 28 heavy (non-hydrogen) atoms. The van der Waals surface area contributed by atoms with Crippen molar-refractivity contribution in [2.75, 3.05) is 25.6 Å². The van der Waals surface area contributed by atoms with Gasteiger partial charge in [-0.2, -0.15) is 0 Å². The summed E-state index contributed by atoms with van der Waals surface area (Å²) in [5, 5.41) is 25.1. The third-order valence-corrected chi connectivity index (χ3v) is 5.72. The number of phenolic OH excluding ortho intramolecular Hbond substituents is 2. The highest BCUT2D eigenvalue weighted by Crippen LogP contribution is 2.37. The van der Waals surface area contributed by atoms with Crippen LogP contribution in [-0.2, 0) is 14.8 Å². The van der Waals surface area contributed by atoms with E-state index in [-0.39, 0.29) is 28.6 Å². The normalized spacial score (nSPS) is 11.6. The third-order valence-electron chi connectivity index (χ3n) is 4.26. The average Bonchev–Trinajstić information content (AvgIpc) is 2.69. The van der Waals surface area contributed by atoms with Crippen LogP contribution in [0.1, 0.15) is 6.42 Å². The molecule has 0 aliphatic heterocycles. The van der Waals surface area contributed by atoms with Gasteiger partial charge in [0.2, 0.25) is 10.0 Å². The Kier molecular flexibility index (Phi) is 6.03. The number of anilines is 2. The van der Waals surface area contributed by atoms with Crippen LogP contribution in [-0.4, -0.2) is 38.9 Å². The molecule has 0 bridgehead atoms. The molecule has 3 aromatic rings. The van der Waals surface area contributed by atoms with Crippen LogP contribution in [0.25, 0.3) is 10.8 Å². The van der Waals surface area contributed by atoms with Crippen molar-refractivity contribution in [3.63, 3.8) is 0 Å². The van der Waals surface area contributed by atoms with Crippen molar-refractivity contribution in [1.29, 1.82) is 0 Å². The summed E-state index contributed by atoms with van der Waals surface area (Å²) in [6, 6.07) is 14.7. The summed E-state index contributed by atoms with van der Waals surface area (Å²) in [7, 11) is -2.19. The molecule has 4 N–H and O–H groups in total. The Hall–Kier alpha value is -2.81. The largest absolute Gasteiger partial charge is 0.506 e. The van der Waals surface area contributed by atoms with Crippen molar-refractivity contribution in [3.8, 4) is 11.5 Å². The van der Waals surface area contributed by atoms with Crippen LogP contribution in [0, 0.1) is 0 Å². The number of benzene rings is 3.